The molecule has 1 heterocycles. The van der Waals surface area contributed by atoms with Crippen LogP contribution >= 0.6 is 0 Å². The fourth-order valence-electron chi connectivity index (χ4n) is 2.51. The van der Waals surface area contributed by atoms with Gasteiger partial charge < -0.3 is 19.9 Å². The zero-order valence-corrected chi connectivity index (χ0v) is 14.9. The van der Waals surface area contributed by atoms with E-state index in [9.17, 15) is 9.90 Å². The van der Waals surface area contributed by atoms with E-state index in [1.807, 2.05) is 30.3 Å². The smallest absolute Gasteiger partial charge is 0.255 e. The number of nitrogens with zero attached hydrogens (tertiary/aromatic N) is 1. The fraction of sp³-hybridized carbons (Fsp3) is 0.200. The number of carbonyl (C=O) groups is 1. The highest BCUT2D eigenvalue weighted by atomic mass is 16.5. The van der Waals surface area contributed by atoms with E-state index in [0.717, 1.165) is 11.3 Å². The molecule has 1 amide bonds. The van der Waals surface area contributed by atoms with Crippen molar-refractivity contribution in [3.05, 3.63) is 66.4 Å². The highest BCUT2D eigenvalue weighted by molar-refractivity contribution is 5.99. The number of aromatic nitrogens is 2. The Bertz CT molecular complexity index is 862. The van der Waals surface area contributed by atoms with E-state index < -0.39 is 6.10 Å². The van der Waals surface area contributed by atoms with Gasteiger partial charge >= 0.3 is 0 Å². The minimum absolute atomic E-state index is 0.0591. The van der Waals surface area contributed by atoms with Gasteiger partial charge in [-0.3, -0.25) is 9.89 Å². The molecule has 7 heteroatoms. The van der Waals surface area contributed by atoms with Crippen LogP contribution in [0.5, 0.6) is 11.5 Å². The van der Waals surface area contributed by atoms with Crippen molar-refractivity contribution < 1.29 is 19.4 Å². The van der Waals surface area contributed by atoms with Gasteiger partial charge in [-0.05, 0) is 24.3 Å². The van der Waals surface area contributed by atoms with Gasteiger partial charge in [0.1, 0.15) is 24.2 Å². The van der Waals surface area contributed by atoms with Crippen molar-refractivity contribution in [1.29, 1.82) is 0 Å². The summed E-state index contributed by atoms with van der Waals surface area (Å²) < 4.78 is 10.6. The normalized spacial score (nSPS) is 11.6. The second-order valence-corrected chi connectivity index (χ2v) is 5.88. The second kappa shape index (κ2) is 8.86. The fourth-order valence-corrected chi connectivity index (χ4v) is 2.51. The van der Waals surface area contributed by atoms with E-state index in [1.54, 1.807) is 31.4 Å². The lowest BCUT2D eigenvalue weighted by Gasteiger charge is -2.13. The lowest BCUT2D eigenvalue weighted by Crippen LogP contribution is -2.35. The Hall–Kier alpha value is -3.32. The Morgan fingerprint density at radius 3 is 2.56 bits per heavy atom. The summed E-state index contributed by atoms with van der Waals surface area (Å²) in [5.74, 6) is 1.03. The molecular weight excluding hydrogens is 346 g/mol. The molecule has 2 aromatic carbocycles. The van der Waals surface area contributed by atoms with Crippen molar-refractivity contribution in [2.45, 2.75) is 6.10 Å². The number of H-pyrrole nitrogens is 1. The molecule has 0 radical (unpaired) electrons. The predicted octanol–water partition coefficient (Wildman–Crippen LogP) is 2.25. The third-order valence-electron chi connectivity index (χ3n) is 3.95. The van der Waals surface area contributed by atoms with E-state index in [4.69, 9.17) is 9.47 Å². The van der Waals surface area contributed by atoms with Crippen molar-refractivity contribution >= 4 is 5.91 Å². The molecule has 7 nitrogen and oxygen atoms in total. The number of aliphatic hydroxyl groups excluding tert-OH is 1. The van der Waals surface area contributed by atoms with E-state index in [-0.39, 0.29) is 19.1 Å². The zero-order chi connectivity index (χ0) is 19.1. The summed E-state index contributed by atoms with van der Waals surface area (Å²) >= 11 is 0. The molecule has 0 spiro atoms. The molecule has 0 fully saturated rings. The van der Waals surface area contributed by atoms with Gasteiger partial charge in [-0.1, -0.05) is 30.3 Å². The van der Waals surface area contributed by atoms with E-state index in [1.165, 1.54) is 6.20 Å². The Balaban J connectivity index is 1.51. The molecule has 0 aliphatic carbocycles. The first-order valence-electron chi connectivity index (χ1n) is 8.49. The van der Waals surface area contributed by atoms with Crippen LogP contribution in [0.4, 0.5) is 0 Å². The van der Waals surface area contributed by atoms with Crippen LogP contribution in [0.3, 0.4) is 0 Å². The number of hydrogen-bond donors (Lipinski definition) is 3. The van der Waals surface area contributed by atoms with Gasteiger partial charge in [-0.15, -0.1) is 0 Å². The van der Waals surface area contributed by atoms with Crippen molar-refractivity contribution in [1.82, 2.24) is 15.5 Å². The molecular formula is C20H21N3O4. The van der Waals surface area contributed by atoms with Crippen LogP contribution in [0.1, 0.15) is 10.4 Å². The molecule has 1 aromatic heterocycles. The predicted molar refractivity (Wildman–Crippen MR) is 101 cm³/mol. The average molecular weight is 367 g/mol. The van der Waals surface area contributed by atoms with Crippen LogP contribution in [0.25, 0.3) is 11.3 Å². The third-order valence-corrected chi connectivity index (χ3v) is 3.95. The van der Waals surface area contributed by atoms with Gasteiger partial charge in [-0.25, -0.2) is 0 Å². The number of rotatable bonds is 8. The Morgan fingerprint density at radius 1 is 1.15 bits per heavy atom. The summed E-state index contributed by atoms with van der Waals surface area (Å²) in [5, 5.41) is 19.5. The number of ether oxygens (including phenoxy) is 2. The molecule has 0 aliphatic rings. The van der Waals surface area contributed by atoms with Crippen LogP contribution in [0.15, 0.2) is 60.8 Å². The highest BCUT2D eigenvalue weighted by Crippen LogP contribution is 2.20. The van der Waals surface area contributed by atoms with Gasteiger partial charge in [0.25, 0.3) is 5.91 Å². The summed E-state index contributed by atoms with van der Waals surface area (Å²) in [6.07, 6.45) is 0.626. The Kier molecular flexibility index (Phi) is 6.06. The van der Waals surface area contributed by atoms with Crippen molar-refractivity contribution in [3.63, 3.8) is 0 Å². The third kappa shape index (κ3) is 4.86. The first-order valence-corrected chi connectivity index (χ1v) is 8.49. The molecule has 140 valence electrons. The maximum Gasteiger partial charge on any atom is 0.255 e. The largest absolute Gasteiger partial charge is 0.497 e. The zero-order valence-electron chi connectivity index (χ0n) is 14.9. The van der Waals surface area contributed by atoms with Crippen LogP contribution < -0.4 is 14.8 Å². The molecule has 0 aliphatic heterocycles. The standard InChI is InChI=1S/C20H21N3O4/c1-26-16-7-9-17(10-8-16)27-13-15(24)11-21-20(25)18-12-22-23-19(18)14-5-3-2-4-6-14/h2-10,12,15,24H,11,13H2,1H3,(H,21,25)(H,22,23)/t15-/m0/s1. The number of benzene rings is 2. The summed E-state index contributed by atoms with van der Waals surface area (Å²) in [6, 6.07) is 16.5. The topological polar surface area (TPSA) is 96.5 Å². The number of carbonyl (C=O) groups excluding carboxylic acids is 1. The first-order chi connectivity index (χ1) is 13.2. The van der Waals surface area contributed by atoms with Crippen molar-refractivity contribution in [2.75, 3.05) is 20.3 Å². The Morgan fingerprint density at radius 2 is 1.85 bits per heavy atom. The average Bonchev–Trinajstić information content (AvgIpc) is 3.21. The minimum Gasteiger partial charge on any atom is -0.497 e. The molecule has 0 bridgehead atoms. The number of nitrogens with one attached hydrogen (secondary N) is 2. The number of hydrogen-bond acceptors (Lipinski definition) is 5. The highest BCUT2D eigenvalue weighted by Gasteiger charge is 2.16. The monoisotopic (exact) mass is 367 g/mol. The van der Waals surface area contributed by atoms with E-state index in [0.29, 0.717) is 17.0 Å². The molecule has 0 unspecified atom stereocenters. The molecule has 1 atom stereocenters. The van der Waals surface area contributed by atoms with E-state index >= 15 is 0 Å². The quantitative estimate of drug-likeness (QED) is 0.567. The van der Waals surface area contributed by atoms with Gasteiger partial charge in [0.2, 0.25) is 0 Å². The molecule has 3 aromatic rings. The van der Waals surface area contributed by atoms with Gasteiger partial charge in [0, 0.05) is 12.1 Å². The maximum absolute atomic E-state index is 12.4. The molecule has 0 saturated heterocycles. The summed E-state index contributed by atoms with van der Waals surface area (Å²) in [5.41, 5.74) is 1.92. The molecule has 3 rings (SSSR count). The summed E-state index contributed by atoms with van der Waals surface area (Å²) in [4.78, 5) is 12.4. The SMILES string of the molecule is COc1ccc(OC[C@@H](O)CNC(=O)c2cn[nH]c2-c2ccccc2)cc1. The molecule has 27 heavy (non-hydrogen) atoms. The number of methoxy groups -OCH3 is 1. The van der Waals surface area contributed by atoms with Crippen LogP contribution in [0, 0.1) is 0 Å². The number of aliphatic hydroxyl groups is 1. The minimum atomic E-state index is -0.844. The van der Waals surface area contributed by atoms with Gasteiger partial charge in [0.15, 0.2) is 0 Å². The molecule has 3 N–H and O–H groups in total. The lowest BCUT2D eigenvalue weighted by atomic mass is 10.1. The second-order valence-electron chi connectivity index (χ2n) is 5.88. The number of amides is 1. The van der Waals surface area contributed by atoms with Crippen molar-refractivity contribution in [2.24, 2.45) is 0 Å². The maximum atomic E-state index is 12.4. The van der Waals surface area contributed by atoms with Gasteiger partial charge in [0.05, 0.1) is 24.6 Å². The van der Waals surface area contributed by atoms with Crippen LogP contribution in [0.2, 0.25) is 0 Å². The number of aromatic amines is 1. The summed E-state index contributed by atoms with van der Waals surface area (Å²) in [7, 11) is 1.59. The van der Waals surface area contributed by atoms with Crippen molar-refractivity contribution in [3.8, 4) is 22.8 Å². The lowest BCUT2D eigenvalue weighted by molar-refractivity contribution is 0.0844. The summed E-state index contributed by atoms with van der Waals surface area (Å²) in [6.45, 7) is 0.123. The van der Waals surface area contributed by atoms with Crippen LogP contribution in [-0.4, -0.2) is 47.6 Å². The van der Waals surface area contributed by atoms with Crippen LogP contribution in [-0.2, 0) is 0 Å². The Labute approximate surface area is 157 Å². The van der Waals surface area contributed by atoms with Gasteiger partial charge in [-0.2, -0.15) is 5.10 Å². The van der Waals surface area contributed by atoms with E-state index in [2.05, 4.69) is 15.5 Å². The molecule has 0 saturated carbocycles. The first kappa shape index (κ1) is 18.5.